The molecular weight excluding hydrogens is 386 g/mol. The third-order valence-electron chi connectivity index (χ3n) is 4.22. The van der Waals surface area contributed by atoms with Crippen LogP contribution in [-0.4, -0.2) is 35.8 Å². The molecule has 0 bridgehead atoms. The summed E-state index contributed by atoms with van der Waals surface area (Å²) < 4.78 is 16.9. The van der Waals surface area contributed by atoms with E-state index in [-0.39, 0.29) is 11.1 Å². The number of rotatable bonds is 5. The number of fused-ring (bicyclic) bond motifs is 1. The molecule has 0 N–H and O–H groups in total. The van der Waals surface area contributed by atoms with Crippen molar-refractivity contribution in [1.82, 2.24) is 4.57 Å². The van der Waals surface area contributed by atoms with Gasteiger partial charge in [0.15, 0.2) is 6.61 Å². The molecule has 0 fully saturated rings. The molecule has 0 unspecified atom stereocenters. The highest BCUT2D eigenvalue weighted by Crippen LogP contribution is 2.21. The van der Waals surface area contributed by atoms with Crippen LogP contribution in [0.25, 0.3) is 16.5 Å². The zero-order valence-corrected chi connectivity index (χ0v) is 17.3. The second kappa shape index (κ2) is 8.41. The van der Waals surface area contributed by atoms with Crippen LogP contribution in [0, 0.1) is 0 Å². The van der Waals surface area contributed by atoms with Crippen LogP contribution in [0.2, 0.25) is 0 Å². The summed E-state index contributed by atoms with van der Waals surface area (Å²) in [7, 11) is 1.53. The molecule has 0 amide bonds. The second-order valence-electron chi connectivity index (χ2n) is 7.63. The largest absolute Gasteiger partial charge is 0.497 e. The number of carbonyl (C=O) groups excluding carboxylic acids is 2. The summed E-state index contributed by atoms with van der Waals surface area (Å²) in [4.78, 5) is 37.7. The maximum Gasteiger partial charge on any atom is 0.344 e. The van der Waals surface area contributed by atoms with Crippen LogP contribution in [0.5, 0.6) is 5.75 Å². The Hall–Kier alpha value is -3.61. The van der Waals surface area contributed by atoms with Crippen molar-refractivity contribution in [2.24, 2.45) is 0 Å². The van der Waals surface area contributed by atoms with Gasteiger partial charge in [-0.05, 0) is 39.0 Å². The van der Waals surface area contributed by atoms with Crippen LogP contribution >= 0.6 is 0 Å². The number of esters is 2. The van der Waals surface area contributed by atoms with Gasteiger partial charge < -0.3 is 14.2 Å². The summed E-state index contributed by atoms with van der Waals surface area (Å²) in [5.74, 6) is -0.809. The zero-order valence-electron chi connectivity index (χ0n) is 17.3. The number of aromatic nitrogens is 1. The summed E-state index contributed by atoms with van der Waals surface area (Å²) in [6.45, 7) is 4.65. The monoisotopic (exact) mass is 409 g/mol. The van der Waals surface area contributed by atoms with Crippen LogP contribution in [-0.2, 0) is 14.3 Å². The number of benzene rings is 2. The Labute approximate surface area is 173 Å². The Morgan fingerprint density at radius 3 is 2.37 bits per heavy atom. The number of pyridine rings is 1. The van der Waals surface area contributed by atoms with Crippen molar-refractivity contribution in [1.29, 1.82) is 0 Å². The fourth-order valence-corrected chi connectivity index (χ4v) is 2.98. The maximum atomic E-state index is 13.0. The number of nitrogens with zero attached hydrogens (tertiary/aromatic N) is 1. The number of methoxy groups -OCH3 is 1. The van der Waals surface area contributed by atoms with Crippen LogP contribution in [0.15, 0.2) is 59.5 Å². The lowest BCUT2D eigenvalue weighted by molar-refractivity contribution is -0.158. The Morgan fingerprint density at radius 2 is 1.70 bits per heavy atom. The van der Waals surface area contributed by atoms with Crippen LogP contribution in [0.3, 0.4) is 0 Å². The molecule has 1 aromatic heterocycles. The predicted molar refractivity (Wildman–Crippen MR) is 112 cm³/mol. The molecule has 3 rings (SSSR count). The zero-order chi connectivity index (χ0) is 21.9. The van der Waals surface area contributed by atoms with Crippen LogP contribution < -0.4 is 10.3 Å². The van der Waals surface area contributed by atoms with Crippen LogP contribution in [0.4, 0.5) is 0 Å². The number of carbonyl (C=O) groups is 2. The van der Waals surface area contributed by atoms with E-state index in [9.17, 15) is 14.4 Å². The number of hydrogen-bond donors (Lipinski definition) is 0. The van der Waals surface area contributed by atoms with Crippen molar-refractivity contribution in [3.8, 4) is 11.4 Å². The van der Waals surface area contributed by atoms with Gasteiger partial charge in [0.05, 0.1) is 18.4 Å². The van der Waals surface area contributed by atoms with Crippen molar-refractivity contribution < 1.29 is 23.8 Å². The molecule has 156 valence electrons. The first-order valence-corrected chi connectivity index (χ1v) is 9.37. The second-order valence-corrected chi connectivity index (χ2v) is 7.63. The Kier molecular flexibility index (Phi) is 5.91. The van der Waals surface area contributed by atoms with Crippen molar-refractivity contribution in [3.05, 3.63) is 70.6 Å². The fourth-order valence-electron chi connectivity index (χ4n) is 2.98. The number of ether oxygens (including phenoxy) is 3. The quantitative estimate of drug-likeness (QED) is 0.600. The fraction of sp³-hybridized carbons (Fsp3) is 0.261. The van der Waals surface area contributed by atoms with E-state index in [0.29, 0.717) is 22.2 Å². The molecule has 0 aliphatic rings. The van der Waals surface area contributed by atoms with Crippen molar-refractivity contribution in [2.45, 2.75) is 26.4 Å². The van der Waals surface area contributed by atoms with Crippen molar-refractivity contribution in [2.75, 3.05) is 13.7 Å². The third-order valence-corrected chi connectivity index (χ3v) is 4.22. The lowest BCUT2D eigenvalue weighted by Crippen LogP contribution is -2.28. The van der Waals surface area contributed by atoms with Gasteiger partial charge in [-0.2, -0.15) is 0 Å². The third kappa shape index (κ3) is 4.68. The summed E-state index contributed by atoms with van der Waals surface area (Å²) in [6.07, 6.45) is 1.41. The highest BCUT2D eigenvalue weighted by Gasteiger charge is 2.21. The Morgan fingerprint density at radius 1 is 1.00 bits per heavy atom. The number of hydrogen-bond acceptors (Lipinski definition) is 6. The molecule has 0 radical (unpaired) electrons. The molecule has 0 saturated carbocycles. The van der Waals surface area contributed by atoms with Gasteiger partial charge in [0.25, 0.3) is 5.56 Å². The van der Waals surface area contributed by atoms with Gasteiger partial charge in [0.1, 0.15) is 11.4 Å². The first-order valence-electron chi connectivity index (χ1n) is 9.37. The SMILES string of the molecule is COc1cccc(-n2cc(C(=O)OCC(=O)OC(C)(C)C)c3ccccc3c2=O)c1. The van der Waals surface area contributed by atoms with E-state index >= 15 is 0 Å². The normalized spacial score (nSPS) is 11.2. The molecule has 0 spiro atoms. The molecule has 0 aliphatic heterocycles. The molecule has 7 nitrogen and oxygen atoms in total. The van der Waals surface area contributed by atoms with Crippen LogP contribution in [0.1, 0.15) is 31.1 Å². The van der Waals surface area contributed by atoms with E-state index in [4.69, 9.17) is 14.2 Å². The summed E-state index contributed by atoms with van der Waals surface area (Å²) in [5, 5.41) is 0.794. The van der Waals surface area contributed by atoms with E-state index in [1.54, 1.807) is 69.3 Å². The maximum absolute atomic E-state index is 13.0. The minimum absolute atomic E-state index is 0.163. The van der Waals surface area contributed by atoms with E-state index in [0.717, 1.165) is 0 Å². The molecule has 0 aliphatic carbocycles. The van der Waals surface area contributed by atoms with Crippen molar-refractivity contribution >= 4 is 22.7 Å². The highest BCUT2D eigenvalue weighted by atomic mass is 16.6. The first-order chi connectivity index (χ1) is 14.2. The molecule has 1 heterocycles. The van der Waals surface area contributed by atoms with Gasteiger partial charge >= 0.3 is 11.9 Å². The van der Waals surface area contributed by atoms with Gasteiger partial charge in [0.2, 0.25) is 0 Å². The molecule has 0 saturated heterocycles. The van der Waals surface area contributed by atoms with E-state index in [1.165, 1.54) is 17.9 Å². The summed E-state index contributed by atoms with van der Waals surface area (Å²) >= 11 is 0. The molecule has 3 aromatic rings. The van der Waals surface area contributed by atoms with E-state index in [1.807, 2.05) is 0 Å². The van der Waals surface area contributed by atoms with Gasteiger partial charge in [-0.1, -0.05) is 24.3 Å². The molecular formula is C23H23NO6. The Bertz CT molecular complexity index is 1160. The standard InChI is InChI=1S/C23H23NO6/c1-23(2,3)30-20(25)14-29-22(27)19-13-24(15-8-7-9-16(12-15)28-4)21(26)18-11-6-5-10-17(18)19/h5-13H,14H2,1-4H3. The van der Waals surface area contributed by atoms with Gasteiger partial charge in [0, 0.05) is 23.0 Å². The minimum Gasteiger partial charge on any atom is -0.497 e. The lowest BCUT2D eigenvalue weighted by Gasteiger charge is -2.19. The van der Waals surface area contributed by atoms with Gasteiger partial charge in [-0.25, -0.2) is 9.59 Å². The van der Waals surface area contributed by atoms with E-state index in [2.05, 4.69) is 0 Å². The Balaban J connectivity index is 2.02. The molecule has 30 heavy (non-hydrogen) atoms. The van der Waals surface area contributed by atoms with Crippen molar-refractivity contribution in [3.63, 3.8) is 0 Å². The molecule has 0 atom stereocenters. The van der Waals surface area contributed by atoms with Gasteiger partial charge in [-0.3, -0.25) is 9.36 Å². The summed E-state index contributed by atoms with van der Waals surface area (Å²) in [5.41, 5.74) is -0.277. The summed E-state index contributed by atoms with van der Waals surface area (Å²) in [6, 6.07) is 13.7. The predicted octanol–water partition coefficient (Wildman–Crippen LogP) is 3.50. The molecule has 2 aromatic carbocycles. The highest BCUT2D eigenvalue weighted by molar-refractivity contribution is 6.04. The topological polar surface area (TPSA) is 83.8 Å². The average Bonchev–Trinajstić information content (AvgIpc) is 2.71. The lowest BCUT2D eigenvalue weighted by atomic mass is 10.1. The minimum atomic E-state index is -0.728. The van der Waals surface area contributed by atoms with E-state index < -0.39 is 24.1 Å². The first kappa shape index (κ1) is 21.1. The smallest absolute Gasteiger partial charge is 0.344 e. The molecule has 7 heteroatoms. The average molecular weight is 409 g/mol. The van der Waals surface area contributed by atoms with Gasteiger partial charge in [-0.15, -0.1) is 0 Å².